The van der Waals surface area contributed by atoms with E-state index in [1.807, 2.05) is 52.1 Å². The lowest BCUT2D eigenvalue weighted by molar-refractivity contribution is -0.155. The van der Waals surface area contributed by atoms with Crippen LogP contribution in [0.4, 0.5) is 0 Å². The summed E-state index contributed by atoms with van der Waals surface area (Å²) >= 11 is 3.01. The van der Waals surface area contributed by atoms with Gasteiger partial charge in [-0.2, -0.15) is 0 Å². The molecule has 7 nitrogen and oxygen atoms in total. The Labute approximate surface area is 193 Å². The maximum absolute atomic E-state index is 13.4. The van der Waals surface area contributed by atoms with Gasteiger partial charge in [-0.05, 0) is 43.0 Å². The summed E-state index contributed by atoms with van der Waals surface area (Å²) < 4.78 is 6.37. The number of thioether (sulfide) groups is 1. The van der Waals surface area contributed by atoms with E-state index in [4.69, 9.17) is 4.74 Å². The predicted molar refractivity (Wildman–Crippen MR) is 124 cm³/mol. The third-order valence-electron chi connectivity index (χ3n) is 4.64. The largest absolute Gasteiger partial charge is 0.461 e. The molecule has 3 atom stereocenters. The van der Waals surface area contributed by atoms with Crippen molar-refractivity contribution in [2.75, 3.05) is 5.75 Å². The number of nitrogens with one attached hydrogen (secondary N) is 2. The average molecular weight is 473 g/mol. The third kappa shape index (κ3) is 9.21. The van der Waals surface area contributed by atoms with Crippen LogP contribution in [0, 0.1) is 23.2 Å². The summed E-state index contributed by atoms with van der Waals surface area (Å²) in [4.78, 5) is 38.5. The minimum absolute atomic E-state index is 0.132. The molecule has 0 bridgehead atoms. The Bertz CT molecular complexity index is 714. The Morgan fingerprint density at radius 1 is 1.13 bits per heavy atom. The van der Waals surface area contributed by atoms with Crippen LogP contribution in [0.3, 0.4) is 0 Å². The van der Waals surface area contributed by atoms with Crippen LogP contribution < -0.4 is 10.8 Å². The molecule has 176 valence electrons. The average Bonchev–Trinajstić information content (AvgIpc) is 3.16. The molecule has 1 heterocycles. The molecule has 3 N–H and O–H groups in total. The van der Waals surface area contributed by atoms with Crippen molar-refractivity contribution in [3.63, 3.8) is 0 Å². The van der Waals surface area contributed by atoms with Gasteiger partial charge in [0.05, 0.1) is 22.1 Å². The second kappa shape index (κ2) is 12.5. The SMILES string of the molecule is CC(C)CC(C(=O)N[C@H](C(=O)OC(C)C)C(C)(C)C)[C@H](CSc1cccs1)C(=O)NO. The molecule has 0 aromatic carbocycles. The molecular weight excluding hydrogens is 436 g/mol. The van der Waals surface area contributed by atoms with Crippen LogP contribution in [0.5, 0.6) is 0 Å². The van der Waals surface area contributed by atoms with Crippen LogP contribution in [0.15, 0.2) is 21.7 Å². The van der Waals surface area contributed by atoms with Crippen molar-refractivity contribution >= 4 is 40.9 Å². The first-order valence-electron chi connectivity index (χ1n) is 10.5. The van der Waals surface area contributed by atoms with Gasteiger partial charge in [-0.15, -0.1) is 23.1 Å². The van der Waals surface area contributed by atoms with E-state index in [2.05, 4.69) is 5.32 Å². The Kier molecular flexibility index (Phi) is 11.0. The number of hydrogen-bond acceptors (Lipinski definition) is 7. The lowest BCUT2D eigenvalue weighted by atomic mass is 9.82. The first-order valence-corrected chi connectivity index (χ1v) is 12.3. The van der Waals surface area contributed by atoms with Gasteiger partial charge in [0.2, 0.25) is 11.8 Å². The highest BCUT2D eigenvalue weighted by Gasteiger charge is 2.40. The zero-order valence-corrected chi connectivity index (χ0v) is 21.1. The maximum Gasteiger partial charge on any atom is 0.329 e. The summed E-state index contributed by atoms with van der Waals surface area (Å²) in [7, 11) is 0. The van der Waals surface area contributed by atoms with E-state index in [0.29, 0.717) is 12.2 Å². The van der Waals surface area contributed by atoms with Crippen LogP contribution in [0.25, 0.3) is 0 Å². The molecule has 0 aliphatic rings. The Morgan fingerprint density at radius 3 is 2.23 bits per heavy atom. The van der Waals surface area contributed by atoms with Gasteiger partial charge in [-0.1, -0.05) is 40.7 Å². The normalized spacial score (nSPS) is 14.8. The first kappa shape index (κ1) is 27.5. The minimum Gasteiger partial charge on any atom is -0.461 e. The summed E-state index contributed by atoms with van der Waals surface area (Å²) in [6.07, 6.45) is 0.126. The number of hydrogen-bond donors (Lipinski definition) is 3. The topological polar surface area (TPSA) is 105 Å². The smallest absolute Gasteiger partial charge is 0.329 e. The van der Waals surface area contributed by atoms with Crippen molar-refractivity contribution in [2.24, 2.45) is 23.2 Å². The summed E-state index contributed by atoms with van der Waals surface area (Å²) in [6.45, 7) is 13.0. The Hall–Kier alpha value is -1.58. The van der Waals surface area contributed by atoms with Crippen LogP contribution >= 0.6 is 23.1 Å². The van der Waals surface area contributed by atoms with Crippen molar-refractivity contribution < 1.29 is 24.3 Å². The Balaban J connectivity index is 3.14. The van der Waals surface area contributed by atoms with E-state index >= 15 is 0 Å². The van der Waals surface area contributed by atoms with Gasteiger partial charge in [-0.25, -0.2) is 10.3 Å². The molecule has 1 aromatic heterocycles. The van der Waals surface area contributed by atoms with Crippen LogP contribution in [-0.2, 0) is 19.1 Å². The molecule has 0 saturated heterocycles. The molecule has 0 aliphatic carbocycles. The van der Waals surface area contributed by atoms with E-state index in [1.165, 1.54) is 11.8 Å². The number of thiophene rings is 1. The fraction of sp³-hybridized carbons (Fsp3) is 0.682. The molecule has 31 heavy (non-hydrogen) atoms. The second-order valence-corrected chi connectivity index (χ2v) is 11.6. The molecule has 0 fully saturated rings. The highest BCUT2D eigenvalue weighted by molar-refractivity contribution is 8.01. The third-order valence-corrected chi connectivity index (χ3v) is 6.89. The number of rotatable bonds is 11. The molecule has 0 aliphatic heterocycles. The maximum atomic E-state index is 13.4. The van der Waals surface area contributed by atoms with E-state index in [-0.39, 0.29) is 12.0 Å². The lowest BCUT2D eigenvalue weighted by Crippen LogP contribution is -2.54. The number of esters is 1. The predicted octanol–water partition coefficient (Wildman–Crippen LogP) is 4.11. The minimum atomic E-state index is -0.861. The molecule has 1 unspecified atom stereocenters. The van der Waals surface area contributed by atoms with E-state index < -0.39 is 41.1 Å². The van der Waals surface area contributed by atoms with Crippen molar-refractivity contribution in [3.05, 3.63) is 17.5 Å². The highest BCUT2D eigenvalue weighted by atomic mass is 32.2. The van der Waals surface area contributed by atoms with Crippen molar-refractivity contribution in [1.82, 2.24) is 10.8 Å². The summed E-state index contributed by atoms with van der Waals surface area (Å²) in [6, 6.07) is 3.00. The van der Waals surface area contributed by atoms with Crippen LogP contribution in [-0.4, -0.2) is 40.9 Å². The second-order valence-electron chi connectivity index (χ2n) is 9.35. The van der Waals surface area contributed by atoms with Crippen molar-refractivity contribution in [2.45, 2.75) is 71.2 Å². The fourth-order valence-electron chi connectivity index (χ4n) is 3.12. The molecule has 1 aromatic rings. The number of hydroxylamine groups is 1. The van der Waals surface area contributed by atoms with Crippen molar-refractivity contribution in [3.8, 4) is 0 Å². The standard InChI is InChI=1S/C22H36N2O5S2/c1-13(2)11-15(16(20(26)24-28)12-31-17-9-8-10-30-17)19(25)23-18(22(5,6)7)21(27)29-14(3)4/h8-10,13-16,18,28H,11-12H2,1-7H3,(H,23,25)(H,24,26)/t15?,16-,18+/m0/s1. The molecular formula is C22H36N2O5S2. The van der Waals surface area contributed by atoms with Gasteiger partial charge < -0.3 is 10.1 Å². The Morgan fingerprint density at radius 2 is 1.77 bits per heavy atom. The molecule has 9 heteroatoms. The molecule has 0 radical (unpaired) electrons. The lowest BCUT2D eigenvalue weighted by Gasteiger charge is -2.33. The molecule has 0 saturated carbocycles. The van der Waals surface area contributed by atoms with E-state index in [0.717, 1.165) is 4.21 Å². The quantitative estimate of drug-likeness (QED) is 0.194. The fourth-order valence-corrected chi connectivity index (χ4v) is 5.11. The number of amides is 2. The molecule has 1 rings (SSSR count). The summed E-state index contributed by atoms with van der Waals surface area (Å²) in [5, 5.41) is 14.1. The van der Waals surface area contributed by atoms with Crippen LogP contribution in [0.1, 0.15) is 54.9 Å². The van der Waals surface area contributed by atoms with Gasteiger partial charge in [-0.3, -0.25) is 14.8 Å². The summed E-state index contributed by atoms with van der Waals surface area (Å²) in [5.74, 6) is -2.52. The number of carbonyl (C=O) groups is 3. The highest BCUT2D eigenvalue weighted by Crippen LogP contribution is 2.31. The van der Waals surface area contributed by atoms with E-state index in [9.17, 15) is 19.6 Å². The summed E-state index contributed by atoms with van der Waals surface area (Å²) in [5.41, 5.74) is 1.14. The zero-order valence-electron chi connectivity index (χ0n) is 19.4. The van der Waals surface area contributed by atoms with Crippen LogP contribution in [0.2, 0.25) is 0 Å². The number of carbonyl (C=O) groups excluding carboxylic acids is 3. The number of ether oxygens (including phenoxy) is 1. The van der Waals surface area contributed by atoms with Gasteiger partial charge >= 0.3 is 5.97 Å². The van der Waals surface area contributed by atoms with Gasteiger partial charge in [0, 0.05) is 5.75 Å². The van der Waals surface area contributed by atoms with E-state index in [1.54, 1.807) is 30.7 Å². The first-order chi connectivity index (χ1) is 14.4. The van der Waals surface area contributed by atoms with Gasteiger partial charge in [0.25, 0.3) is 0 Å². The van der Waals surface area contributed by atoms with Crippen molar-refractivity contribution in [1.29, 1.82) is 0 Å². The zero-order chi connectivity index (χ0) is 23.8. The monoisotopic (exact) mass is 472 g/mol. The van der Waals surface area contributed by atoms with Gasteiger partial charge in [0.15, 0.2) is 0 Å². The van der Waals surface area contributed by atoms with Gasteiger partial charge in [0.1, 0.15) is 6.04 Å². The molecule has 0 spiro atoms. The molecule has 2 amide bonds.